The fraction of sp³-hybridized carbons (Fsp3) is 0.600. The van der Waals surface area contributed by atoms with E-state index in [1.165, 1.54) is 19.3 Å². The highest BCUT2D eigenvalue weighted by atomic mass is 15.0. The molecule has 16 heavy (non-hydrogen) atoms. The number of rotatable bonds is 1. The number of fused-ring (bicyclic) bond motifs is 1. The molecule has 0 bridgehead atoms. The van der Waals surface area contributed by atoms with Gasteiger partial charge in [-0.25, -0.2) is 0 Å². The number of hydrogen-bond acceptors (Lipinski definition) is 1. The molecule has 2 aliphatic rings. The van der Waals surface area contributed by atoms with Gasteiger partial charge in [0.2, 0.25) is 0 Å². The van der Waals surface area contributed by atoms with E-state index in [1.807, 2.05) is 0 Å². The van der Waals surface area contributed by atoms with Crippen molar-refractivity contribution in [2.45, 2.75) is 51.6 Å². The minimum Gasteiger partial charge on any atom is -0.305 e. The summed E-state index contributed by atoms with van der Waals surface area (Å²) in [5.74, 6) is 0. The van der Waals surface area contributed by atoms with Crippen LogP contribution in [0.25, 0.3) is 0 Å². The monoisotopic (exact) mass is 215 g/mol. The van der Waals surface area contributed by atoms with Crippen molar-refractivity contribution >= 4 is 0 Å². The summed E-state index contributed by atoms with van der Waals surface area (Å²) < 4.78 is 0. The Hall–Kier alpha value is -0.820. The van der Waals surface area contributed by atoms with Crippen LogP contribution in [0.1, 0.15) is 50.8 Å². The molecule has 1 fully saturated rings. The highest BCUT2D eigenvalue weighted by Gasteiger charge is 2.54. The van der Waals surface area contributed by atoms with Gasteiger partial charge in [0.1, 0.15) is 0 Å². The van der Waals surface area contributed by atoms with Gasteiger partial charge in [0, 0.05) is 11.6 Å². The molecule has 0 heterocycles. The van der Waals surface area contributed by atoms with Crippen molar-refractivity contribution in [1.29, 1.82) is 0 Å². The van der Waals surface area contributed by atoms with Crippen molar-refractivity contribution in [1.82, 2.24) is 5.32 Å². The van der Waals surface area contributed by atoms with Crippen LogP contribution in [0.2, 0.25) is 0 Å². The molecule has 0 amide bonds. The van der Waals surface area contributed by atoms with E-state index in [4.69, 9.17) is 0 Å². The van der Waals surface area contributed by atoms with Crippen LogP contribution in [0.4, 0.5) is 0 Å². The van der Waals surface area contributed by atoms with Crippen molar-refractivity contribution < 1.29 is 0 Å². The van der Waals surface area contributed by atoms with Crippen LogP contribution in [0, 0.1) is 5.41 Å². The number of benzene rings is 1. The largest absolute Gasteiger partial charge is 0.305 e. The first kappa shape index (κ1) is 10.3. The number of nitrogens with one attached hydrogen (secondary N) is 1. The lowest BCUT2D eigenvalue weighted by molar-refractivity contribution is 0.285. The average molecular weight is 215 g/mol. The lowest BCUT2D eigenvalue weighted by atomic mass is 9.94. The summed E-state index contributed by atoms with van der Waals surface area (Å²) in [5, 5.41) is 3.83. The molecule has 1 N–H and O–H groups in total. The van der Waals surface area contributed by atoms with E-state index in [-0.39, 0.29) is 5.54 Å². The van der Waals surface area contributed by atoms with Gasteiger partial charge >= 0.3 is 0 Å². The first-order valence-corrected chi connectivity index (χ1v) is 6.36. The Morgan fingerprint density at radius 2 is 1.88 bits per heavy atom. The lowest BCUT2D eigenvalue weighted by Crippen LogP contribution is -2.41. The van der Waals surface area contributed by atoms with E-state index in [9.17, 15) is 0 Å². The second kappa shape index (κ2) is 3.10. The first-order chi connectivity index (χ1) is 7.50. The third-order valence-electron chi connectivity index (χ3n) is 3.99. The zero-order valence-electron chi connectivity index (χ0n) is 10.5. The maximum atomic E-state index is 3.83. The third kappa shape index (κ3) is 1.58. The van der Waals surface area contributed by atoms with Gasteiger partial charge in [-0.3, -0.25) is 0 Å². The van der Waals surface area contributed by atoms with E-state index >= 15 is 0 Å². The molecule has 1 unspecified atom stereocenters. The Bertz CT molecular complexity index is 410. The average Bonchev–Trinajstić information content (AvgIpc) is 2.88. The molecule has 0 aliphatic heterocycles. The van der Waals surface area contributed by atoms with Crippen molar-refractivity contribution in [3.05, 3.63) is 35.4 Å². The summed E-state index contributed by atoms with van der Waals surface area (Å²) in [4.78, 5) is 0. The van der Waals surface area contributed by atoms with Crippen molar-refractivity contribution in [2.75, 3.05) is 0 Å². The van der Waals surface area contributed by atoms with E-state index < -0.39 is 0 Å². The molecular weight excluding hydrogens is 194 g/mol. The Morgan fingerprint density at radius 1 is 1.19 bits per heavy atom. The Labute approximate surface area is 98.3 Å². The minimum atomic E-state index is 0.206. The minimum absolute atomic E-state index is 0.206. The van der Waals surface area contributed by atoms with Gasteiger partial charge in [-0.05, 0) is 56.6 Å². The summed E-state index contributed by atoms with van der Waals surface area (Å²) in [5.41, 5.74) is 3.89. The van der Waals surface area contributed by atoms with Crippen molar-refractivity contribution in [3.8, 4) is 0 Å². The normalized spacial score (nSPS) is 25.8. The molecule has 1 aromatic rings. The van der Waals surface area contributed by atoms with Crippen LogP contribution >= 0.6 is 0 Å². The smallest absolute Gasteiger partial charge is 0.0387 e. The zero-order chi connectivity index (χ0) is 11.4. The summed E-state index contributed by atoms with van der Waals surface area (Å²) in [6.45, 7) is 6.80. The van der Waals surface area contributed by atoms with Gasteiger partial charge in [-0.2, -0.15) is 0 Å². The van der Waals surface area contributed by atoms with Crippen LogP contribution in [-0.4, -0.2) is 5.54 Å². The highest BCUT2D eigenvalue weighted by molar-refractivity contribution is 5.40. The Balaban J connectivity index is 1.96. The van der Waals surface area contributed by atoms with Gasteiger partial charge in [-0.15, -0.1) is 0 Å². The van der Waals surface area contributed by atoms with Crippen LogP contribution in [-0.2, 0) is 6.42 Å². The topological polar surface area (TPSA) is 12.0 Å². The molecule has 1 atom stereocenters. The van der Waals surface area contributed by atoms with Crippen molar-refractivity contribution in [3.63, 3.8) is 0 Å². The van der Waals surface area contributed by atoms with Gasteiger partial charge < -0.3 is 5.32 Å². The van der Waals surface area contributed by atoms with Gasteiger partial charge in [-0.1, -0.05) is 24.3 Å². The van der Waals surface area contributed by atoms with Crippen LogP contribution in [0.15, 0.2) is 24.3 Å². The second-order valence-corrected chi connectivity index (χ2v) is 6.57. The standard InChI is InChI=1S/C15H21N/c1-14(2,3)16-13-12-7-5-4-6-11(12)10-15(13)8-9-15/h4-7,13,16H,8-10H2,1-3H3. The van der Waals surface area contributed by atoms with Gasteiger partial charge in [0.15, 0.2) is 0 Å². The fourth-order valence-electron chi connectivity index (χ4n) is 3.08. The molecule has 86 valence electrons. The molecule has 1 saturated carbocycles. The molecule has 2 aliphatic carbocycles. The van der Waals surface area contributed by atoms with Crippen LogP contribution < -0.4 is 5.32 Å². The molecule has 1 aromatic carbocycles. The fourth-order valence-corrected chi connectivity index (χ4v) is 3.08. The SMILES string of the molecule is CC(C)(C)NC1c2ccccc2CC12CC2. The van der Waals surface area contributed by atoms with E-state index in [0.29, 0.717) is 11.5 Å². The van der Waals surface area contributed by atoms with E-state index in [2.05, 4.69) is 50.4 Å². The van der Waals surface area contributed by atoms with E-state index in [1.54, 1.807) is 11.1 Å². The molecular formula is C15H21N. The summed E-state index contributed by atoms with van der Waals surface area (Å²) >= 11 is 0. The predicted octanol–water partition coefficient (Wildman–Crippen LogP) is 3.45. The Kier molecular flexibility index (Phi) is 2.00. The van der Waals surface area contributed by atoms with Crippen molar-refractivity contribution in [2.24, 2.45) is 5.41 Å². The molecule has 3 rings (SSSR count). The highest BCUT2D eigenvalue weighted by Crippen LogP contribution is 2.62. The van der Waals surface area contributed by atoms with Gasteiger partial charge in [0.25, 0.3) is 0 Å². The molecule has 1 spiro atoms. The molecule has 0 saturated heterocycles. The second-order valence-electron chi connectivity index (χ2n) is 6.57. The maximum Gasteiger partial charge on any atom is 0.0387 e. The molecule has 0 aromatic heterocycles. The lowest BCUT2D eigenvalue weighted by Gasteiger charge is -2.30. The third-order valence-corrected chi connectivity index (χ3v) is 3.99. The molecule has 1 heteroatoms. The maximum absolute atomic E-state index is 3.83. The number of hydrogen-bond donors (Lipinski definition) is 1. The molecule has 0 radical (unpaired) electrons. The summed E-state index contributed by atoms with van der Waals surface area (Å²) in [6.07, 6.45) is 4.09. The summed E-state index contributed by atoms with van der Waals surface area (Å²) in [7, 11) is 0. The zero-order valence-corrected chi connectivity index (χ0v) is 10.5. The van der Waals surface area contributed by atoms with Crippen LogP contribution in [0.3, 0.4) is 0 Å². The Morgan fingerprint density at radius 3 is 2.50 bits per heavy atom. The van der Waals surface area contributed by atoms with E-state index in [0.717, 1.165) is 0 Å². The quantitative estimate of drug-likeness (QED) is 0.756. The molecule has 1 nitrogen and oxygen atoms in total. The van der Waals surface area contributed by atoms with Gasteiger partial charge in [0.05, 0.1) is 0 Å². The van der Waals surface area contributed by atoms with Crippen LogP contribution in [0.5, 0.6) is 0 Å². The summed E-state index contributed by atoms with van der Waals surface area (Å²) in [6, 6.07) is 9.56. The predicted molar refractivity (Wildman–Crippen MR) is 67.4 cm³/mol. The first-order valence-electron chi connectivity index (χ1n) is 6.36.